The quantitative estimate of drug-likeness (QED) is 0.675. The van der Waals surface area contributed by atoms with Crippen LogP contribution in [0.25, 0.3) is 5.82 Å². The van der Waals surface area contributed by atoms with Crippen LogP contribution in [-0.2, 0) is 0 Å². The Bertz CT molecular complexity index is 783. The molecule has 3 rings (SSSR count). The highest BCUT2D eigenvalue weighted by atomic mass is 32.1. The fraction of sp³-hybridized carbons (Fsp3) is 0.200. The summed E-state index contributed by atoms with van der Waals surface area (Å²) in [6.07, 6.45) is 5.35. The Balaban J connectivity index is 1.50. The van der Waals surface area contributed by atoms with Crippen LogP contribution in [0.15, 0.2) is 42.4 Å². The van der Waals surface area contributed by atoms with E-state index >= 15 is 0 Å². The minimum atomic E-state index is -0.0949. The molecule has 3 aromatic heterocycles. The van der Waals surface area contributed by atoms with Crippen LogP contribution in [0.3, 0.4) is 0 Å². The highest BCUT2D eigenvalue weighted by Crippen LogP contribution is 2.11. The number of carbonyl (C=O) groups excluding carboxylic acids is 1. The summed E-state index contributed by atoms with van der Waals surface area (Å²) in [5.41, 5.74) is 2.43. The summed E-state index contributed by atoms with van der Waals surface area (Å²) in [6, 6.07) is 5.73. The van der Waals surface area contributed by atoms with Crippen molar-refractivity contribution < 1.29 is 4.79 Å². The first-order chi connectivity index (χ1) is 11.2. The minimum Gasteiger partial charge on any atom is -0.368 e. The number of hydrogen-bond acceptors (Lipinski definition) is 6. The zero-order chi connectivity index (χ0) is 16.1. The van der Waals surface area contributed by atoms with Crippen LogP contribution < -0.4 is 10.6 Å². The van der Waals surface area contributed by atoms with E-state index in [-0.39, 0.29) is 5.91 Å². The fourth-order valence-electron chi connectivity index (χ4n) is 2.04. The van der Waals surface area contributed by atoms with Crippen molar-refractivity contribution in [2.75, 3.05) is 18.4 Å². The largest absolute Gasteiger partial charge is 0.368 e. The van der Waals surface area contributed by atoms with Crippen molar-refractivity contribution in [3.8, 4) is 5.82 Å². The third-order valence-corrected chi connectivity index (χ3v) is 4.12. The molecule has 2 N–H and O–H groups in total. The van der Waals surface area contributed by atoms with Gasteiger partial charge >= 0.3 is 0 Å². The molecule has 8 heteroatoms. The van der Waals surface area contributed by atoms with Gasteiger partial charge in [0.2, 0.25) is 0 Å². The first-order valence-corrected chi connectivity index (χ1v) is 7.99. The highest BCUT2D eigenvalue weighted by Gasteiger charge is 2.10. The van der Waals surface area contributed by atoms with Crippen LogP contribution in [-0.4, -0.2) is 38.5 Å². The molecule has 1 amide bonds. The van der Waals surface area contributed by atoms with Gasteiger partial charge in [0.05, 0.1) is 11.2 Å². The van der Waals surface area contributed by atoms with E-state index in [9.17, 15) is 4.79 Å². The van der Waals surface area contributed by atoms with Gasteiger partial charge in [-0.15, -0.1) is 11.3 Å². The number of anilines is 1. The Hall–Kier alpha value is -2.74. The number of thiazole rings is 1. The molecule has 0 atom stereocenters. The second-order valence-corrected chi connectivity index (χ2v) is 5.66. The molecule has 0 radical (unpaired) electrons. The molecule has 0 spiro atoms. The Morgan fingerprint density at radius 2 is 2.04 bits per heavy atom. The Labute approximate surface area is 137 Å². The number of rotatable bonds is 6. The normalized spacial score (nSPS) is 10.5. The van der Waals surface area contributed by atoms with Gasteiger partial charge < -0.3 is 15.2 Å². The van der Waals surface area contributed by atoms with Gasteiger partial charge in [0.15, 0.2) is 0 Å². The SMILES string of the molecule is Cc1ncsc1C(=O)NCCNc1cc(-n2cccc2)ncn1. The van der Waals surface area contributed by atoms with Crippen molar-refractivity contribution in [3.05, 3.63) is 53.0 Å². The van der Waals surface area contributed by atoms with Crippen molar-refractivity contribution in [1.29, 1.82) is 0 Å². The molecular weight excluding hydrogens is 312 g/mol. The maximum atomic E-state index is 12.0. The zero-order valence-electron chi connectivity index (χ0n) is 12.6. The van der Waals surface area contributed by atoms with Gasteiger partial charge in [-0.25, -0.2) is 15.0 Å². The lowest BCUT2D eigenvalue weighted by Gasteiger charge is -2.08. The summed E-state index contributed by atoms with van der Waals surface area (Å²) >= 11 is 1.35. The molecule has 0 saturated carbocycles. The Kier molecular flexibility index (Phi) is 4.62. The molecular formula is C15H16N6OS. The number of nitrogens with zero attached hydrogens (tertiary/aromatic N) is 4. The lowest BCUT2D eigenvalue weighted by molar-refractivity contribution is 0.0958. The fourth-order valence-corrected chi connectivity index (χ4v) is 2.76. The van der Waals surface area contributed by atoms with Gasteiger partial charge in [-0.05, 0) is 19.1 Å². The van der Waals surface area contributed by atoms with Crippen molar-refractivity contribution in [2.45, 2.75) is 6.92 Å². The lowest BCUT2D eigenvalue weighted by Crippen LogP contribution is -2.28. The molecule has 0 saturated heterocycles. The number of aromatic nitrogens is 4. The molecule has 23 heavy (non-hydrogen) atoms. The molecule has 0 fully saturated rings. The van der Waals surface area contributed by atoms with Crippen LogP contribution in [0.4, 0.5) is 5.82 Å². The van der Waals surface area contributed by atoms with Crippen LogP contribution in [0.1, 0.15) is 15.4 Å². The van der Waals surface area contributed by atoms with Crippen molar-refractivity contribution in [3.63, 3.8) is 0 Å². The van der Waals surface area contributed by atoms with Crippen LogP contribution in [0.2, 0.25) is 0 Å². The third kappa shape index (κ3) is 3.72. The standard InChI is InChI=1S/C15H16N6OS/c1-11-14(23-10-20-11)15(22)17-5-4-16-12-8-13(19-9-18-12)21-6-2-3-7-21/h2-3,6-10H,4-5H2,1H3,(H,17,22)(H,16,18,19). The molecule has 0 aliphatic carbocycles. The maximum absolute atomic E-state index is 12.0. The van der Waals surface area contributed by atoms with Crippen molar-refractivity contribution in [1.82, 2.24) is 24.8 Å². The van der Waals surface area contributed by atoms with E-state index in [0.717, 1.165) is 11.5 Å². The first-order valence-electron chi connectivity index (χ1n) is 7.11. The van der Waals surface area contributed by atoms with Gasteiger partial charge in [0.1, 0.15) is 22.8 Å². The molecule has 118 valence electrons. The molecule has 7 nitrogen and oxygen atoms in total. The van der Waals surface area contributed by atoms with Crippen LogP contribution >= 0.6 is 11.3 Å². The monoisotopic (exact) mass is 328 g/mol. The second kappa shape index (κ2) is 7.01. The summed E-state index contributed by atoms with van der Waals surface area (Å²) in [4.78, 5) is 25.1. The molecule has 3 aromatic rings. The first kappa shape index (κ1) is 15.2. The van der Waals surface area contributed by atoms with Gasteiger partial charge in [0.25, 0.3) is 5.91 Å². The summed E-state index contributed by atoms with van der Waals surface area (Å²) in [5.74, 6) is 1.41. The molecule has 0 bridgehead atoms. The van der Waals surface area contributed by atoms with E-state index in [2.05, 4.69) is 25.6 Å². The molecule has 0 aromatic carbocycles. The van der Waals surface area contributed by atoms with E-state index in [0.29, 0.717) is 23.8 Å². The van der Waals surface area contributed by atoms with Crippen molar-refractivity contribution in [2.24, 2.45) is 0 Å². The number of amides is 1. The van der Waals surface area contributed by atoms with E-state index in [1.807, 2.05) is 42.1 Å². The summed E-state index contributed by atoms with van der Waals surface area (Å²) < 4.78 is 1.90. The lowest BCUT2D eigenvalue weighted by atomic mass is 10.4. The van der Waals surface area contributed by atoms with E-state index in [4.69, 9.17) is 0 Å². The summed E-state index contributed by atoms with van der Waals surface area (Å²) in [6.45, 7) is 2.90. The topological polar surface area (TPSA) is 84.7 Å². The number of nitrogens with one attached hydrogen (secondary N) is 2. The second-order valence-electron chi connectivity index (χ2n) is 4.80. The van der Waals surface area contributed by atoms with Gasteiger partial charge in [-0.1, -0.05) is 0 Å². The van der Waals surface area contributed by atoms with Crippen LogP contribution in [0.5, 0.6) is 0 Å². The molecule has 0 aliphatic heterocycles. The van der Waals surface area contributed by atoms with E-state index in [1.165, 1.54) is 17.7 Å². The predicted molar refractivity (Wildman–Crippen MR) is 89.0 cm³/mol. The number of carbonyl (C=O) groups is 1. The highest BCUT2D eigenvalue weighted by molar-refractivity contribution is 7.11. The smallest absolute Gasteiger partial charge is 0.263 e. The zero-order valence-corrected chi connectivity index (χ0v) is 13.4. The average molecular weight is 328 g/mol. The number of aryl methyl sites for hydroxylation is 1. The average Bonchev–Trinajstić information content (AvgIpc) is 3.23. The van der Waals surface area contributed by atoms with E-state index in [1.54, 1.807) is 5.51 Å². The molecule has 0 unspecified atom stereocenters. The van der Waals surface area contributed by atoms with Crippen LogP contribution in [0, 0.1) is 6.92 Å². The summed E-state index contributed by atoms with van der Waals surface area (Å²) in [7, 11) is 0. The maximum Gasteiger partial charge on any atom is 0.263 e. The third-order valence-electron chi connectivity index (χ3n) is 3.19. The van der Waals surface area contributed by atoms with Gasteiger partial charge in [-0.2, -0.15) is 0 Å². The summed E-state index contributed by atoms with van der Waals surface area (Å²) in [5, 5.41) is 6.03. The molecule has 0 aliphatic rings. The van der Waals surface area contributed by atoms with Gasteiger partial charge in [-0.3, -0.25) is 4.79 Å². The minimum absolute atomic E-state index is 0.0949. The number of hydrogen-bond donors (Lipinski definition) is 2. The van der Waals surface area contributed by atoms with Gasteiger partial charge in [0, 0.05) is 31.5 Å². The van der Waals surface area contributed by atoms with Crippen molar-refractivity contribution >= 4 is 23.1 Å². The Morgan fingerprint density at radius 3 is 2.78 bits per heavy atom. The Morgan fingerprint density at radius 1 is 1.22 bits per heavy atom. The molecule has 3 heterocycles. The predicted octanol–water partition coefficient (Wildman–Crippen LogP) is 1.87. The van der Waals surface area contributed by atoms with E-state index < -0.39 is 0 Å².